The summed E-state index contributed by atoms with van der Waals surface area (Å²) in [5.41, 5.74) is 3.32. The van der Waals surface area contributed by atoms with Gasteiger partial charge in [0.2, 0.25) is 0 Å². The Morgan fingerprint density at radius 2 is 1.93 bits per heavy atom. The molecule has 0 radical (unpaired) electrons. The van der Waals surface area contributed by atoms with Crippen molar-refractivity contribution in [3.8, 4) is 0 Å². The predicted octanol–water partition coefficient (Wildman–Crippen LogP) is 3.93. The van der Waals surface area contributed by atoms with Gasteiger partial charge in [-0.2, -0.15) is 5.10 Å². The molecule has 0 fully saturated rings. The molecule has 0 aliphatic carbocycles. The largest absolute Gasteiger partial charge is 0.308 e. The number of hydrogen-bond acceptors (Lipinski definition) is 5. The van der Waals surface area contributed by atoms with Crippen molar-refractivity contribution in [2.75, 3.05) is 32.1 Å². The van der Waals surface area contributed by atoms with Gasteiger partial charge in [0, 0.05) is 20.1 Å². The smallest absolute Gasteiger partial charge is 0.278 e. The van der Waals surface area contributed by atoms with Crippen LogP contribution in [-0.4, -0.2) is 52.8 Å². The minimum absolute atomic E-state index is 0. The van der Waals surface area contributed by atoms with Crippen molar-refractivity contribution in [2.45, 2.75) is 13.8 Å². The monoisotopic (exact) mass is 427 g/mol. The molecule has 1 aromatic carbocycles. The first-order valence-corrected chi connectivity index (χ1v) is 9.50. The number of hydrogen-bond donors (Lipinski definition) is 0. The molecule has 6 nitrogen and oxygen atoms in total. The summed E-state index contributed by atoms with van der Waals surface area (Å²) in [6.07, 6.45) is 1.71. The Kier molecular flexibility index (Phi) is 6.86. The molecule has 2 aromatic heterocycles. The van der Waals surface area contributed by atoms with Crippen LogP contribution < -0.4 is 4.90 Å². The van der Waals surface area contributed by atoms with Crippen LogP contribution in [0.2, 0.25) is 5.02 Å². The molecule has 0 aliphatic rings. The highest BCUT2D eigenvalue weighted by molar-refractivity contribution is 7.23. The molecular formula is C18H23Cl2N5OS. The van der Waals surface area contributed by atoms with E-state index in [0.29, 0.717) is 22.4 Å². The molecule has 1 amide bonds. The number of fused-ring (bicyclic) bond motifs is 1. The van der Waals surface area contributed by atoms with Gasteiger partial charge < -0.3 is 4.90 Å². The van der Waals surface area contributed by atoms with Gasteiger partial charge in [0.15, 0.2) is 5.13 Å². The molecule has 9 heteroatoms. The van der Waals surface area contributed by atoms with Crippen LogP contribution in [0.3, 0.4) is 0 Å². The van der Waals surface area contributed by atoms with E-state index in [1.807, 2.05) is 45.0 Å². The Hall–Kier alpha value is -1.67. The number of aromatic nitrogens is 3. The fourth-order valence-corrected chi connectivity index (χ4v) is 4.11. The van der Waals surface area contributed by atoms with Crippen molar-refractivity contribution < 1.29 is 4.79 Å². The van der Waals surface area contributed by atoms with Gasteiger partial charge in [-0.15, -0.1) is 12.4 Å². The van der Waals surface area contributed by atoms with E-state index < -0.39 is 0 Å². The van der Waals surface area contributed by atoms with E-state index in [2.05, 4.69) is 5.10 Å². The van der Waals surface area contributed by atoms with Crippen molar-refractivity contribution in [3.63, 3.8) is 0 Å². The second-order valence-electron chi connectivity index (χ2n) is 6.60. The molecule has 0 bridgehead atoms. The maximum Gasteiger partial charge on any atom is 0.278 e. The highest BCUT2D eigenvalue weighted by Crippen LogP contribution is 2.36. The molecule has 146 valence electrons. The van der Waals surface area contributed by atoms with Crippen LogP contribution in [0.5, 0.6) is 0 Å². The Morgan fingerprint density at radius 3 is 2.48 bits per heavy atom. The topological polar surface area (TPSA) is 54.3 Å². The Morgan fingerprint density at radius 1 is 1.22 bits per heavy atom. The second kappa shape index (κ2) is 8.56. The summed E-state index contributed by atoms with van der Waals surface area (Å²) in [5, 5.41) is 5.51. The lowest BCUT2D eigenvalue weighted by Crippen LogP contribution is -2.38. The zero-order valence-corrected chi connectivity index (χ0v) is 18.4. The summed E-state index contributed by atoms with van der Waals surface area (Å²) < 4.78 is 2.53. The molecule has 0 unspecified atom stereocenters. The second-order valence-corrected chi connectivity index (χ2v) is 7.98. The fourth-order valence-electron chi connectivity index (χ4n) is 2.77. The van der Waals surface area contributed by atoms with E-state index >= 15 is 0 Å². The molecule has 0 saturated heterocycles. The Balaban J connectivity index is 0.00000261. The zero-order chi connectivity index (χ0) is 19.0. The number of benzene rings is 1. The summed E-state index contributed by atoms with van der Waals surface area (Å²) >= 11 is 7.80. The van der Waals surface area contributed by atoms with Crippen LogP contribution in [0.4, 0.5) is 5.13 Å². The summed E-state index contributed by atoms with van der Waals surface area (Å²) in [4.78, 5) is 21.8. The molecule has 27 heavy (non-hydrogen) atoms. The number of thiazole rings is 1. The van der Waals surface area contributed by atoms with Gasteiger partial charge in [-0.05, 0) is 45.1 Å². The van der Waals surface area contributed by atoms with E-state index in [1.165, 1.54) is 11.3 Å². The van der Waals surface area contributed by atoms with E-state index in [-0.39, 0.29) is 18.3 Å². The van der Waals surface area contributed by atoms with Crippen LogP contribution in [0, 0.1) is 13.8 Å². The van der Waals surface area contributed by atoms with Crippen molar-refractivity contribution in [2.24, 2.45) is 7.05 Å². The lowest BCUT2D eigenvalue weighted by Gasteiger charge is -2.22. The van der Waals surface area contributed by atoms with Crippen LogP contribution >= 0.6 is 35.3 Å². The SMILES string of the molecule is Cc1cnn(C)c1C(=O)N(CCN(C)C)c1nc2c(C)ccc(Cl)c2s1.Cl. The van der Waals surface area contributed by atoms with Crippen molar-refractivity contribution in [1.82, 2.24) is 19.7 Å². The Bertz CT molecular complexity index is 908. The molecule has 3 rings (SSSR count). The molecule has 0 N–H and O–H groups in total. The van der Waals surface area contributed by atoms with E-state index in [1.54, 1.807) is 22.8 Å². The summed E-state index contributed by atoms with van der Waals surface area (Å²) in [5.74, 6) is -0.0998. The van der Waals surface area contributed by atoms with Gasteiger partial charge in [0.05, 0.1) is 21.4 Å². The van der Waals surface area contributed by atoms with Gasteiger partial charge in [-0.25, -0.2) is 4.98 Å². The standard InChI is InChI=1S/C18H22ClN5OS.ClH/c1-11-6-7-13(19)16-14(11)21-18(26-16)24(9-8-22(3)4)17(25)15-12(2)10-20-23(15)5;/h6-7,10H,8-9H2,1-5H3;1H. The van der Waals surface area contributed by atoms with Crippen LogP contribution in [0.1, 0.15) is 21.6 Å². The number of halogens is 2. The van der Waals surface area contributed by atoms with Gasteiger partial charge >= 0.3 is 0 Å². The lowest BCUT2D eigenvalue weighted by molar-refractivity contribution is 0.0975. The minimum atomic E-state index is -0.0998. The number of rotatable bonds is 5. The third kappa shape index (κ3) is 4.27. The summed E-state index contributed by atoms with van der Waals surface area (Å²) in [6.45, 7) is 5.15. The number of likely N-dealkylation sites (N-methyl/N-ethyl adjacent to an activating group) is 1. The van der Waals surface area contributed by atoms with Gasteiger partial charge in [-0.1, -0.05) is 29.0 Å². The molecule has 0 aliphatic heterocycles. The highest BCUT2D eigenvalue weighted by Gasteiger charge is 2.26. The third-order valence-electron chi connectivity index (χ3n) is 4.26. The van der Waals surface area contributed by atoms with E-state index in [0.717, 1.165) is 27.9 Å². The molecule has 0 spiro atoms. The zero-order valence-electron chi connectivity index (χ0n) is 16.0. The normalized spacial score (nSPS) is 11.1. The number of anilines is 1. The molecular weight excluding hydrogens is 405 g/mol. The first-order valence-electron chi connectivity index (χ1n) is 8.30. The number of carbonyl (C=O) groups is 1. The molecule has 0 saturated carbocycles. The van der Waals surface area contributed by atoms with Crippen LogP contribution in [-0.2, 0) is 7.05 Å². The average molecular weight is 428 g/mol. The first-order chi connectivity index (χ1) is 12.3. The fraction of sp³-hybridized carbons (Fsp3) is 0.389. The number of nitrogens with zero attached hydrogens (tertiary/aromatic N) is 5. The molecule has 0 atom stereocenters. The van der Waals surface area contributed by atoms with Crippen molar-refractivity contribution in [3.05, 3.63) is 40.2 Å². The molecule has 2 heterocycles. The maximum absolute atomic E-state index is 13.3. The lowest BCUT2D eigenvalue weighted by atomic mass is 10.2. The number of aryl methyl sites for hydroxylation is 3. The van der Waals surface area contributed by atoms with Crippen LogP contribution in [0.25, 0.3) is 10.2 Å². The maximum atomic E-state index is 13.3. The average Bonchev–Trinajstić information content (AvgIpc) is 3.16. The van der Waals surface area contributed by atoms with Gasteiger partial charge in [-0.3, -0.25) is 14.4 Å². The number of carbonyl (C=O) groups excluding carboxylic acids is 1. The predicted molar refractivity (Wildman–Crippen MR) is 115 cm³/mol. The highest BCUT2D eigenvalue weighted by atomic mass is 35.5. The van der Waals surface area contributed by atoms with Gasteiger partial charge in [0.25, 0.3) is 5.91 Å². The van der Waals surface area contributed by atoms with E-state index in [4.69, 9.17) is 16.6 Å². The van der Waals surface area contributed by atoms with E-state index in [9.17, 15) is 4.79 Å². The van der Waals surface area contributed by atoms with Crippen molar-refractivity contribution in [1.29, 1.82) is 0 Å². The third-order valence-corrected chi connectivity index (χ3v) is 5.80. The quantitative estimate of drug-likeness (QED) is 0.618. The molecule has 3 aromatic rings. The van der Waals surface area contributed by atoms with Crippen LogP contribution in [0.15, 0.2) is 18.3 Å². The summed E-state index contributed by atoms with van der Waals surface area (Å²) in [6, 6.07) is 3.82. The van der Waals surface area contributed by atoms with Crippen molar-refractivity contribution >= 4 is 56.6 Å². The van der Waals surface area contributed by atoms with Gasteiger partial charge in [0.1, 0.15) is 5.69 Å². The minimum Gasteiger partial charge on any atom is -0.308 e. The first kappa shape index (κ1) is 21.6. The number of amides is 1. The summed E-state index contributed by atoms with van der Waals surface area (Å²) in [7, 11) is 5.75. The Labute approximate surface area is 174 Å².